The quantitative estimate of drug-likeness (QED) is 0.407. The van der Waals surface area contributed by atoms with E-state index in [0.29, 0.717) is 18.8 Å². The van der Waals surface area contributed by atoms with Gasteiger partial charge in [-0.3, -0.25) is 19.1 Å². The van der Waals surface area contributed by atoms with Crippen LogP contribution < -0.4 is 20.7 Å². The van der Waals surface area contributed by atoms with E-state index in [2.05, 4.69) is 25.9 Å². The van der Waals surface area contributed by atoms with Crippen LogP contribution in [0.3, 0.4) is 0 Å². The molecule has 1 aliphatic carbocycles. The van der Waals surface area contributed by atoms with Crippen molar-refractivity contribution in [2.24, 2.45) is 13.0 Å². The topological polar surface area (TPSA) is 143 Å². The molecule has 0 unspecified atom stereocenters. The molecule has 0 radical (unpaired) electrons. The van der Waals surface area contributed by atoms with Gasteiger partial charge in [-0.05, 0) is 31.4 Å². The molecule has 1 saturated heterocycles. The van der Waals surface area contributed by atoms with Crippen LogP contribution in [0.15, 0.2) is 24.3 Å². The Morgan fingerprint density at radius 3 is 2.58 bits per heavy atom. The van der Waals surface area contributed by atoms with Gasteiger partial charge in [0, 0.05) is 54.8 Å². The minimum atomic E-state index is -2.82. The SMILES string of the molecule is [2H]C([2H])([2H])NC(=O)c1nnc(NC(=O)C2CC2)cc1Nc1cc(F)cc(-c2cc(C(=O)N3CCC3)n(C)n2)c1OC. The zero-order chi connectivity index (χ0) is 29.5. The molecule has 3 amide bonds. The number of carbonyl (C=O) groups is 3. The van der Waals surface area contributed by atoms with Gasteiger partial charge in [-0.15, -0.1) is 10.2 Å². The number of nitrogens with zero attached hydrogens (tertiary/aromatic N) is 5. The zero-order valence-electron chi connectivity index (χ0n) is 23.7. The molecule has 1 saturated carbocycles. The number of aryl methyl sites for hydroxylation is 1. The molecule has 198 valence electrons. The summed E-state index contributed by atoms with van der Waals surface area (Å²) in [6.07, 6.45) is 2.41. The van der Waals surface area contributed by atoms with Crippen LogP contribution in [0, 0.1) is 11.7 Å². The molecule has 2 aromatic heterocycles. The van der Waals surface area contributed by atoms with E-state index in [-0.39, 0.29) is 51.9 Å². The van der Waals surface area contributed by atoms with Crippen LogP contribution in [0.25, 0.3) is 11.3 Å². The molecule has 1 aromatic carbocycles. The van der Waals surface area contributed by atoms with Crippen LogP contribution in [0.4, 0.5) is 21.6 Å². The summed E-state index contributed by atoms with van der Waals surface area (Å²) >= 11 is 0. The number of halogens is 1. The maximum Gasteiger partial charge on any atom is 0.273 e. The van der Waals surface area contributed by atoms with Crippen LogP contribution in [0.5, 0.6) is 5.75 Å². The first-order valence-electron chi connectivity index (χ1n) is 13.4. The first kappa shape index (κ1) is 21.5. The van der Waals surface area contributed by atoms with Crippen molar-refractivity contribution in [1.82, 2.24) is 30.2 Å². The zero-order valence-corrected chi connectivity index (χ0v) is 20.7. The highest BCUT2D eigenvalue weighted by molar-refractivity contribution is 6.00. The number of anilines is 3. The first-order chi connectivity index (χ1) is 19.4. The number of aromatic nitrogens is 4. The molecule has 0 spiro atoms. The van der Waals surface area contributed by atoms with Gasteiger partial charge in [-0.25, -0.2) is 4.39 Å². The van der Waals surface area contributed by atoms with Crippen molar-refractivity contribution in [2.45, 2.75) is 19.3 Å². The second-order valence-electron chi connectivity index (χ2n) is 9.05. The Kier molecular flexibility index (Phi) is 5.71. The van der Waals surface area contributed by atoms with Gasteiger partial charge in [0.25, 0.3) is 11.8 Å². The minimum absolute atomic E-state index is 0.00398. The summed E-state index contributed by atoms with van der Waals surface area (Å²) in [6.45, 7) is -1.52. The Hall–Kier alpha value is -4.55. The van der Waals surface area contributed by atoms with Gasteiger partial charge in [0.1, 0.15) is 11.5 Å². The van der Waals surface area contributed by atoms with Gasteiger partial charge in [0.2, 0.25) is 5.91 Å². The molecule has 5 rings (SSSR count). The molecular formula is C25H27FN8O4. The van der Waals surface area contributed by atoms with Gasteiger partial charge < -0.3 is 25.6 Å². The molecule has 12 nitrogen and oxygen atoms in total. The number of hydrogen-bond donors (Lipinski definition) is 3. The van der Waals surface area contributed by atoms with Crippen LogP contribution in [-0.4, -0.2) is 69.8 Å². The number of carbonyl (C=O) groups excluding carboxylic acids is 3. The van der Waals surface area contributed by atoms with E-state index in [9.17, 15) is 18.8 Å². The summed E-state index contributed by atoms with van der Waals surface area (Å²) in [7, 11) is 2.96. The third kappa shape index (κ3) is 4.86. The monoisotopic (exact) mass is 525 g/mol. The second kappa shape index (κ2) is 10.1. The average molecular weight is 526 g/mol. The van der Waals surface area contributed by atoms with E-state index >= 15 is 0 Å². The summed E-state index contributed by atoms with van der Waals surface area (Å²) in [5.74, 6) is -2.25. The third-order valence-corrected chi connectivity index (χ3v) is 6.37. The summed E-state index contributed by atoms with van der Waals surface area (Å²) in [5.41, 5.74) is 0.348. The van der Waals surface area contributed by atoms with Gasteiger partial charge in [-0.1, -0.05) is 0 Å². The molecular weight excluding hydrogens is 495 g/mol. The Morgan fingerprint density at radius 1 is 1.13 bits per heavy atom. The van der Waals surface area contributed by atoms with Crippen molar-refractivity contribution in [3.8, 4) is 17.0 Å². The maximum atomic E-state index is 15.0. The van der Waals surface area contributed by atoms with Crippen molar-refractivity contribution in [3.63, 3.8) is 0 Å². The highest BCUT2D eigenvalue weighted by atomic mass is 19.1. The number of methoxy groups -OCH3 is 1. The lowest BCUT2D eigenvalue weighted by molar-refractivity contribution is -0.117. The van der Waals surface area contributed by atoms with Crippen molar-refractivity contribution >= 4 is 34.9 Å². The van der Waals surface area contributed by atoms with Crippen molar-refractivity contribution < 1.29 is 27.6 Å². The fraction of sp³-hybridized carbons (Fsp3) is 0.360. The molecule has 2 aliphatic rings. The van der Waals surface area contributed by atoms with Crippen molar-refractivity contribution in [3.05, 3.63) is 41.5 Å². The van der Waals surface area contributed by atoms with E-state index in [1.165, 1.54) is 30.0 Å². The van der Waals surface area contributed by atoms with Crippen LogP contribution in [0.2, 0.25) is 0 Å². The minimum Gasteiger partial charge on any atom is -0.494 e. The molecule has 38 heavy (non-hydrogen) atoms. The standard InChI is InChI=1S/C25H27FN8O4/c1-27-24(36)21-17(12-20(30-31-21)29-23(35)13-5-6-13)28-18-10-14(26)9-15(22(18)38-3)16-11-19(33(2)32-16)25(37)34-7-4-8-34/h9-13H,4-8H2,1-3H3,(H,27,36)(H2,28,29,30,35)/i1D3. The highest BCUT2D eigenvalue weighted by Gasteiger charge is 2.30. The molecule has 1 aliphatic heterocycles. The Balaban J connectivity index is 1.53. The largest absolute Gasteiger partial charge is 0.494 e. The van der Waals surface area contributed by atoms with E-state index in [4.69, 9.17) is 8.85 Å². The average Bonchev–Trinajstić information content (AvgIpc) is 3.63. The molecule has 0 atom stereocenters. The van der Waals surface area contributed by atoms with Crippen molar-refractivity contribution in [2.75, 3.05) is 37.8 Å². The number of likely N-dealkylation sites (tertiary alicyclic amines) is 1. The van der Waals surface area contributed by atoms with E-state index in [1.807, 2.05) is 5.32 Å². The molecule has 3 aromatic rings. The summed E-state index contributed by atoms with van der Waals surface area (Å²) in [5, 5.41) is 19.4. The van der Waals surface area contributed by atoms with Gasteiger partial charge >= 0.3 is 0 Å². The van der Waals surface area contributed by atoms with E-state index in [1.54, 1.807) is 11.9 Å². The third-order valence-electron chi connectivity index (χ3n) is 6.37. The van der Waals surface area contributed by atoms with Gasteiger partial charge in [-0.2, -0.15) is 5.10 Å². The predicted octanol–water partition coefficient (Wildman–Crippen LogP) is 2.32. The molecule has 13 heteroatoms. The normalized spacial score (nSPS) is 16.0. The lowest BCUT2D eigenvalue weighted by Crippen LogP contribution is -2.42. The lowest BCUT2D eigenvalue weighted by atomic mass is 10.1. The Morgan fingerprint density at radius 2 is 1.92 bits per heavy atom. The summed E-state index contributed by atoms with van der Waals surface area (Å²) < 4.78 is 44.1. The predicted molar refractivity (Wildman–Crippen MR) is 136 cm³/mol. The smallest absolute Gasteiger partial charge is 0.273 e. The Labute approximate surface area is 221 Å². The lowest BCUT2D eigenvalue weighted by Gasteiger charge is -2.30. The Bertz CT molecular complexity index is 1540. The van der Waals surface area contributed by atoms with Crippen molar-refractivity contribution in [1.29, 1.82) is 0 Å². The number of hydrogen-bond acceptors (Lipinski definition) is 8. The van der Waals surface area contributed by atoms with Gasteiger partial charge in [0.15, 0.2) is 17.3 Å². The van der Waals surface area contributed by atoms with Crippen LogP contribution in [0.1, 0.15) is 44.4 Å². The molecule has 3 N–H and O–H groups in total. The first-order valence-corrected chi connectivity index (χ1v) is 11.9. The summed E-state index contributed by atoms with van der Waals surface area (Å²) in [4.78, 5) is 39.5. The number of rotatable bonds is 8. The maximum absolute atomic E-state index is 15.0. The number of ether oxygens (including phenoxy) is 1. The number of amides is 3. The van der Waals surface area contributed by atoms with E-state index < -0.39 is 24.4 Å². The summed E-state index contributed by atoms with van der Waals surface area (Å²) in [6, 6.07) is 5.12. The van der Waals surface area contributed by atoms with E-state index in [0.717, 1.165) is 25.3 Å². The second-order valence-corrected chi connectivity index (χ2v) is 9.05. The molecule has 0 bridgehead atoms. The van der Waals surface area contributed by atoms with Crippen LogP contribution >= 0.6 is 0 Å². The highest BCUT2D eigenvalue weighted by Crippen LogP contribution is 2.39. The number of benzene rings is 1. The van der Waals surface area contributed by atoms with Gasteiger partial charge in [0.05, 0.1) is 24.2 Å². The number of nitrogens with one attached hydrogen (secondary N) is 3. The fourth-order valence-corrected chi connectivity index (χ4v) is 4.07. The molecule has 2 fully saturated rings. The molecule has 3 heterocycles. The van der Waals surface area contributed by atoms with Crippen LogP contribution in [-0.2, 0) is 11.8 Å². The fourth-order valence-electron chi connectivity index (χ4n) is 4.07.